The lowest BCUT2D eigenvalue weighted by atomic mass is 10.1. The fourth-order valence-electron chi connectivity index (χ4n) is 2.48. The average molecular weight is 270 g/mol. The van der Waals surface area contributed by atoms with Crippen molar-refractivity contribution in [3.05, 3.63) is 53.9 Å². The molecule has 0 fully saturated rings. The van der Waals surface area contributed by atoms with Crippen LogP contribution in [0.2, 0.25) is 0 Å². The Morgan fingerprint density at radius 1 is 1.30 bits per heavy atom. The van der Waals surface area contributed by atoms with Gasteiger partial charge >= 0.3 is 0 Å². The van der Waals surface area contributed by atoms with Gasteiger partial charge in [-0.1, -0.05) is 18.2 Å². The van der Waals surface area contributed by atoms with Crippen molar-refractivity contribution < 1.29 is 9.53 Å². The second kappa shape index (κ2) is 5.51. The summed E-state index contributed by atoms with van der Waals surface area (Å²) < 4.78 is 7.61. The molecular formula is C16H18N2O2. The lowest BCUT2D eigenvalue weighted by Crippen LogP contribution is -2.31. The minimum Gasteiger partial charge on any atom is -0.492 e. The normalized spacial score (nSPS) is 15.2. The van der Waals surface area contributed by atoms with Crippen molar-refractivity contribution in [3.8, 4) is 5.75 Å². The predicted octanol–water partition coefficient (Wildman–Crippen LogP) is 2.10. The number of hydrogen-bond donors (Lipinski definition) is 0. The number of aromatic nitrogens is 1. The van der Waals surface area contributed by atoms with E-state index in [4.69, 9.17) is 4.74 Å². The number of nitrogens with zero attached hydrogens (tertiary/aromatic N) is 2. The first-order valence-corrected chi connectivity index (χ1v) is 6.80. The Morgan fingerprint density at radius 2 is 2.15 bits per heavy atom. The third kappa shape index (κ3) is 2.75. The van der Waals surface area contributed by atoms with Gasteiger partial charge in [-0.15, -0.1) is 0 Å². The minimum atomic E-state index is 0.157. The van der Waals surface area contributed by atoms with Gasteiger partial charge in [0.15, 0.2) is 5.78 Å². The smallest absolute Gasteiger partial charge is 0.178 e. The third-order valence-corrected chi connectivity index (χ3v) is 3.55. The van der Waals surface area contributed by atoms with Gasteiger partial charge in [0, 0.05) is 43.7 Å². The van der Waals surface area contributed by atoms with Crippen molar-refractivity contribution >= 4 is 5.78 Å². The van der Waals surface area contributed by atoms with Gasteiger partial charge in [0.25, 0.3) is 0 Å². The molecule has 1 aliphatic rings. The Bertz CT molecular complexity index is 618. The molecule has 2 heterocycles. The molecule has 0 saturated carbocycles. The number of carbonyl (C=O) groups excluding carboxylic acids is 1. The van der Waals surface area contributed by atoms with E-state index >= 15 is 0 Å². The molecule has 1 aliphatic heterocycles. The second-order valence-corrected chi connectivity index (χ2v) is 5.16. The number of carbonyl (C=O) groups is 1. The summed E-state index contributed by atoms with van der Waals surface area (Å²) in [5.41, 5.74) is 1.91. The van der Waals surface area contributed by atoms with Gasteiger partial charge in [-0.05, 0) is 12.1 Å². The van der Waals surface area contributed by atoms with Gasteiger partial charge < -0.3 is 9.30 Å². The molecule has 0 amide bonds. The molecule has 0 radical (unpaired) electrons. The lowest BCUT2D eigenvalue weighted by Gasteiger charge is -2.17. The summed E-state index contributed by atoms with van der Waals surface area (Å²) >= 11 is 0. The second-order valence-electron chi connectivity index (χ2n) is 5.16. The Labute approximate surface area is 118 Å². The standard InChI is InChI=1S/C16H18N2O2/c1-17-7-6-13(10-17)15(19)12-18-8-9-20-16-5-3-2-4-14(16)11-18/h2-7,10H,8-9,11-12H2,1H3. The molecule has 104 valence electrons. The van der Waals surface area contributed by atoms with E-state index in [-0.39, 0.29) is 5.78 Å². The molecule has 0 aliphatic carbocycles. The highest BCUT2D eigenvalue weighted by Crippen LogP contribution is 2.22. The summed E-state index contributed by atoms with van der Waals surface area (Å²) in [6.45, 7) is 2.59. The van der Waals surface area contributed by atoms with E-state index in [9.17, 15) is 4.79 Å². The number of ketones is 1. The Balaban J connectivity index is 1.71. The summed E-state index contributed by atoms with van der Waals surface area (Å²) in [6.07, 6.45) is 3.76. The molecule has 0 saturated heterocycles. The third-order valence-electron chi connectivity index (χ3n) is 3.55. The molecule has 1 aromatic carbocycles. The van der Waals surface area contributed by atoms with Crippen molar-refractivity contribution in [3.63, 3.8) is 0 Å². The van der Waals surface area contributed by atoms with Gasteiger partial charge in [0.1, 0.15) is 12.4 Å². The molecule has 0 spiro atoms. The van der Waals surface area contributed by atoms with Crippen LogP contribution in [0.5, 0.6) is 5.75 Å². The number of Topliss-reactive ketones (excluding diaryl/α,β-unsaturated/α-hetero) is 1. The molecule has 4 heteroatoms. The monoisotopic (exact) mass is 270 g/mol. The molecule has 0 N–H and O–H groups in total. The highest BCUT2D eigenvalue weighted by atomic mass is 16.5. The number of benzene rings is 1. The molecule has 4 nitrogen and oxygen atoms in total. The van der Waals surface area contributed by atoms with Crippen LogP contribution in [-0.2, 0) is 13.6 Å². The Morgan fingerprint density at radius 3 is 2.95 bits per heavy atom. The summed E-state index contributed by atoms with van der Waals surface area (Å²) in [5.74, 6) is 1.09. The summed E-state index contributed by atoms with van der Waals surface area (Å²) in [7, 11) is 1.92. The summed E-state index contributed by atoms with van der Waals surface area (Å²) in [4.78, 5) is 14.4. The molecule has 0 unspecified atom stereocenters. The van der Waals surface area contributed by atoms with E-state index in [2.05, 4.69) is 11.0 Å². The van der Waals surface area contributed by atoms with Crippen molar-refractivity contribution in [1.29, 1.82) is 0 Å². The SMILES string of the molecule is Cn1ccc(C(=O)CN2CCOc3ccccc3C2)c1. The van der Waals surface area contributed by atoms with E-state index in [0.717, 1.165) is 30.0 Å². The van der Waals surface area contributed by atoms with Crippen LogP contribution < -0.4 is 4.74 Å². The fraction of sp³-hybridized carbons (Fsp3) is 0.312. The van der Waals surface area contributed by atoms with Gasteiger partial charge in [-0.3, -0.25) is 9.69 Å². The lowest BCUT2D eigenvalue weighted by molar-refractivity contribution is 0.0921. The first-order chi connectivity index (χ1) is 9.72. The van der Waals surface area contributed by atoms with Crippen LogP contribution in [0.25, 0.3) is 0 Å². The van der Waals surface area contributed by atoms with E-state index in [0.29, 0.717) is 13.2 Å². The van der Waals surface area contributed by atoms with Crippen LogP contribution >= 0.6 is 0 Å². The molecule has 0 atom stereocenters. The molecule has 3 rings (SSSR count). The highest BCUT2D eigenvalue weighted by Gasteiger charge is 2.18. The van der Waals surface area contributed by atoms with Crippen LogP contribution in [0.1, 0.15) is 15.9 Å². The van der Waals surface area contributed by atoms with Crippen molar-refractivity contribution in [2.45, 2.75) is 6.54 Å². The van der Waals surface area contributed by atoms with Crippen LogP contribution in [0.4, 0.5) is 0 Å². The first-order valence-electron chi connectivity index (χ1n) is 6.80. The zero-order valence-corrected chi connectivity index (χ0v) is 11.6. The maximum absolute atomic E-state index is 12.3. The number of hydrogen-bond acceptors (Lipinski definition) is 3. The van der Waals surface area contributed by atoms with Crippen LogP contribution in [0.15, 0.2) is 42.7 Å². The van der Waals surface area contributed by atoms with Crippen LogP contribution in [-0.4, -0.2) is 34.9 Å². The molecule has 2 aromatic rings. The van der Waals surface area contributed by atoms with Crippen molar-refractivity contribution in [1.82, 2.24) is 9.47 Å². The van der Waals surface area contributed by atoms with E-state index in [1.165, 1.54) is 0 Å². The minimum absolute atomic E-state index is 0.157. The zero-order chi connectivity index (χ0) is 13.9. The van der Waals surface area contributed by atoms with E-state index in [1.54, 1.807) is 0 Å². The van der Waals surface area contributed by atoms with Crippen LogP contribution in [0, 0.1) is 0 Å². The quantitative estimate of drug-likeness (QED) is 0.801. The highest BCUT2D eigenvalue weighted by molar-refractivity contribution is 5.97. The largest absolute Gasteiger partial charge is 0.492 e. The van der Waals surface area contributed by atoms with Crippen molar-refractivity contribution in [2.75, 3.05) is 19.7 Å². The van der Waals surface area contributed by atoms with Crippen molar-refractivity contribution in [2.24, 2.45) is 7.05 Å². The van der Waals surface area contributed by atoms with E-state index in [1.807, 2.05) is 48.3 Å². The van der Waals surface area contributed by atoms with Gasteiger partial charge in [0.2, 0.25) is 0 Å². The molecule has 20 heavy (non-hydrogen) atoms. The first kappa shape index (κ1) is 12.9. The molecule has 0 bridgehead atoms. The zero-order valence-electron chi connectivity index (χ0n) is 11.6. The number of ether oxygens (including phenoxy) is 1. The summed E-state index contributed by atoms with van der Waals surface area (Å²) in [5, 5.41) is 0. The topological polar surface area (TPSA) is 34.5 Å². The van der Waals surface area contributed by atoms with E-state index < -0.39 is 0 Å². The predicted molar refractivity (Wildman–Crippen MR) is 77.0 cm³/mol. The molecule has 1 aromatic heterocycles. The number of fused-ring (bicyclic) bond motifs is 1. The average Bonchev–Trinajstić information content (AvgIpc) is 2.77. The number of rotatable bonds is 3. The maximum Gasteiger partial charge on any atom is 0.178 e. The number of para-hydroxylation sites is 1. The Hall–Kier alpha value is -2.07. The van der Waals surface area contributed by atoms with Gasteiger partial charge in [0.05, 0.1) is 6.54 Å². The number of aryl methyl sites for hydroxylation is 1. The molecular weight excluding hydrogens is 252 g/mol. The van der Waals surface area contributed by atoms with Gasteiger partial charge in [-0.2, -0.15) is 0 Å². The maximum atomic E-state index is 12.3. The van der Waals surface area contributed by atoms with Crippen LogP contribution in [0.3, 0.4) is 0 Å². The Kier molecular flexibility index (Phi) is 3.56. The van der Waals surface area contributed by atoms with Gasteiger partial charge in [-0.25, -0.2) is 0 Å². The fourth-order valence-corrected chi connectivity index (χ4v) is 2.48. The summed E-state index contributed by atoms with van der Waals surface area (Å²) in [6, 6.07) is 9.89.